The second-order valence-corrected chi connectivity index (χ2v) is 9.43. The van der Waals surface area contributed by atoms with Crippen LogP contribution in [0.4, 0.5) is 8.78 Å². The van der Waals surface area contributed by atoms with Gasteiger partial charge in [-0.15, -0.1) is 0 Å². The molecule has 0 aliphatic rings. The zero-order chi connectivity index (χ0) is 25.8. The van der Waals surface area contributed by atoms with Gasteiger partial charge < -0.3 is 9.88 Å². The van der Waals surface area contributed by atoms with E-state index in [0.29, 0.717) is 13.1 Å². The lowest BCUT2D eigenvalue weighted by Crippen LogP contribution is -2.25. The number of hydrogen-bond acceptors (Lipinski definition) is 1. The van der Waals surface area contributed by atoms with Crippen molar-refractivity contribution in [2.75, 3.05) is 0 Å². The molecule has 0 saturated carbocycles. The number of benzene rings is 4. The lowest BCUT2D eigenvalue weighted by atomic mass is 9.88. The van der Waals surface area contributed by atoms with Gasteiger partial charge in [0.1, 0.15) is 11.6 Å². The third-order valence-corrected chi connectivity index (χ3v) is 6.73. The van der Waals surface area contributed by atoms with Crippen LogP contribution in [0.25, 0.3) is 10.9 Å². The van der Waals surface area contributed by atoms with Gasteiger partial charge in [-0.3, -0.25) is 4.79 Å². The molecule has 186 valence electrons. The molecule has 0 radical (unpaired) electrons. The Kier molecular flexibility index (Phi) is 7.13. The molecule has 3 nitrogen and oxygen atoms in total. The first-order chi connectivity index (χ1) is 18.0. The fraction of sp³-hybridized carbons (Fsp3) is 0.156. The highest BCUT2D eigenvalue weighted by Crippen LogP contribution is 2.35. The Morgan fingerprint density at radius 1 is 0.811 bits per heavy atom. The van der Waals surface area contributed by atoms with Crippen LogP contribution in [0.1, 0.15) is 40.2 Å². The number of fused-ring (bicyclic) bond motifs is 1. The number of nitrogens with one attached hydrogen (secondary N) is 1. The van der Waals surface area contributed by atoms with Crippen LogP contribution in [0.15, 0.2) is 103 Å². The minimum Gasteiger partial charge on any atom is -0.352 e. The summed E-state index contributed by atoms with van der Waals surface area (Å²) >= 11 is 0. The Balaban J connectivity index is 1.47. The van der Waals surface area contributed by atoms with Crippen LogP contribution in [-0.2, 0) is 17.9 Å². The molecule has 0 aliphatic heterocycles. The number of nitrogens with zero attached hydrogens (tertiary/aromatic N) is 1. The number of aryl methyl sites for hydroxylation is 1. The van der Waals surface area contributed by atoms with Crippen LogP contribution >= 0.6 is 0 Å². The van der Waals surface area contributed by atoms with Crippen molar-refractivity contribution in [3.8, 4) is 0 Å². The van der Waals surface area contributed by atoms with Crippen molar-refractivity contribution in [2.24, 2.45) is 0 Å². The molecule has 37 heavy (non-hydrogen) atoms. The minimum atomic E-state index is -0.315. The lowest BCUT2D eigenvalue weighted by molar-refractivity contribution is -0.121. The molecule has 0 fully saturated rings. The number of aromatic nitrogens is 1. The minimum absolute atomic E-state index is 0.131. The molecule has 0 spiro atoms. The van der Waals surface area contributed by atoms with E-state index in [1.165, 1.54) is 35.4 Å². The predicted octanol–water partition coefficient (Wildman–Crippen LogP) is 7.11. The van der Waals surface area contributed by atoms with E-state index in [1.54, 1.807) is 24.3 Å². The highest BCUT2D eigenvalue weighted by atomic mass is 19.1. The van der Waals surface area contributed by atoms with Crippen molar-refractivity contribution in [2.45, 2.75) is 32.4 Å². The first-order valence-corrected chi connectivity index (χ1v) is 12.4. The Bertz CT molecular complexity index is 1500. The average Bonchev–Trinajstić information content (AvgIpc) is 3.27. The second kappa shape index (κ2) is 10.8. The maximum absolute atomic E-state index is 13.8. The van der Waals surface area contributed by atoms with E-state index in [9.17, 15) is 13.6 Å². The van der Waals surface area contributed by atoms with Gasteiger partial charge in [0, 0.05) is 42.5 Å². The van der Waals surface area contributed by atoms with Crippen molar-refractivity contribution in [3.05, 3.63) is 143 Å². The molecule has 0 unspecified atom stereocenters. The maximum Gasteiger partial charge on any atom is 0.221 e. The number of hydrogen-bond donors (Lipinski definition) is 1. The summed E-state index contributed by atoms with van der Waals surface area (Å²) in [5.74, 6) is -1.02. The highest BCUT2D eigenvalue weighted by molar-refractivity contribution is 5.86. The van der Waals surface area contributed by atoms with E-state index < -0.39 is 0 Å². The summed E-state index contributed by atoms with van der Waals surface area (Å²) in [6.45, 7) is 3.08. The van der Waals surface area contributed by atoms with Crippen LogP contribution in [0.2, 0.25) is 0 Å². The number of carbonyl (C=O) groups excluding carboxylic acids is 1. The van der Waals surface area contributed by atoms with E-state index in [2.05, 4.69) is 59.4 Å². The smallest absolute Gasteiger partial charge is 0.221 e. The Labute approximate surface area is 215 Å². The molecule has 5 aromatic rings. The van der Waals surface area contributed by atoms with Gasteiger partial charge in [-0.05, 0) is 59.5 Å². The Hall–Kier alpha value is -4.25. The Morgan fingerprint density at radius 3 is 2.14 bits per heavy atom. The summed E-state index contributed by atoms with van der Waals surface area (Å²) in [4.78, 5) is 13.1. The van der Waals surface area contributed by atoms with Crippen molar-refractivity contribution >= 4 is 16.8 Å². The van der Waals surface area contributed by atoms with Gasteiger partial charge >= 0.3 is 0 Å². The summed E-state index contributed by atoms with van der Waals surface area (Å²) in [5.41, 5.74) is 6.20. The summed E-state index contributed by atoms with van der Waals surface area (Å²) < 4.78 is 29.2. The zero-order valence-corrected chi connectivity index (χ0v) is 20.6. The van der Waals surface area contributed by atoms with Crippen LogP contribution in [-0.4, -0.2) is 10.5 Å². The summed E-state index contributed by atoms with van der Waals surface area (Å²) in [6, 6.07) is 29.1. The molecule has 5 rings (SSSR count). The van der Waals surface area contributed by atoms with E-state index in [0.717, 1.165) is 27.6 Å². The SMILES string of the molecule is Cc1ccc(Cn2cc([C@H](CC(=O)NCc3ccc(F)cc3)c3ccc(F)cc3)c3ccccc32)cc1. The van der Waals surface area contributed by atoms with Gasteiger partial charge in [-0.2, -0.15) is 0 Å². The zero-order valence-electron chi connectivity index (χ0n) is 20.6. The van der Waals surface area contributed by atoms with Gasteiger partial charge in [0.25, 0.3) is 0 Å². The van der Waals surface area contributed by atoms with Crippen LogP contribution < -0.4 is 5.32 Å². The molecule has 1 amide bonds. The number of amides is 1. The molecule has 4 aromatic carbocycles. The fourth-order valence-electron chi connectivity index (χ4n) is 4.74. The summed E-state index contributed by atoms with van der Waals surface area (Å²) in [7, 11) is 0. The van der Waals surface area contributed by atoms with Crippen molar-refractivity contribution in [1.82, 2.24) is 9.88 Å². The molecule has 1 aromatic heterocycles. The number of para-hydroxylation sites is 1. The number of halogens is 2. The third-order valence-electron chi connectivity index (χ3n) is 6.73. The van der Waals surface area contributed by atoms with Crippen molar-refractivity contribution in [3.63, 3.8) is 0 Å². The van der Waals surface area contributed by atoms with Gasteiger partial charge in [0.15, 0.2) is 0 Å². The molecule has 1 N–H and O–H groups in total. The van der Waals surface area contributed by atoms with E-state index in [-0.39, 0.29) is 29.9 Å². The molecular weight excluding hydrogens is 466 g/mol. The van der Waals surface area contributed by atoms with Crippen LogP contribution in [0.5, 0.6) is 0 Å². The standard InChI is InChI=1S/C32H28F2N2O/c1-22-6-8-24(9-7-22)20-36-21-30(28-4-2-3-5-31(28)36)29(25-12-16-27(34)17-13-25)18-32(37)35-19-23-10-14-26(33)15-11-23/h2-17,21,29H,18-20H2,1H3,(H,35,37)/t29-/m1/s1. The van der Waals surface area contributed by atoms with Gasteiger partial charge in [-0.1, -0.05) is 72.3 Å². The van der Waals surface area contributed by atoms with Gasteiger partial charge in [0.05, 0.1) is 0 Å². The molecule has 1 atom stereocenters. The van der Waals surface area contributed by atoms with Crippen molar-refractivity contribution in [1.29, 1.82) is 0 Å². The summed E-state index contributed by atoms with van der Waals surface area (Å²) in [5, 5.41) is 4.02. The average molecular weight is 495 g/mol. The van der Waals surface area contributed by atoms with Gasteiger partial charge in [-0.25, -0.2) is 8.78 Å². The van der Waals surface area contributed by atoms with Crippen LogP contribution in [0, 0.1) is 18.6 Å². The molecule has 0 aliphatic carbocycles. The molecule has 0 saturated heterocycles. The topological polar surface area (TPSA) is 34.0 Å². The number of rotatable bonds is 8. The summed E-state index contributed by atoms with van der Waals surface area (Å²) in [6.07, 6.45) is 2.32. The first-order valence-electron chi connectivity index (χ1n) is 12.4. The first kappa shape index (κ1) is 24.4. The monoisotopic (exact) mass is 494 g/mol. The lowest BCUT2D eigenvalue weighted by Gasteiger charge is -2.17. The molecule has 1 heterocycles. The van der Waals surface area contributed by atoms with Crippen molar-refractivity contribution < 1.29 is 13.6 Å². The quantitative estimate of drug-likeness (QED) is 0.245. The molecule has 5 heteroatoms. The predicted molar refractivity (Wildman–Crippen MR) is 143 cm³/mol. The molecular formula is C32H28F2N2O. The van der Waals surface area contributed by atoms with E-state index in [1.807, 2.05) is 12.1 Å². The third kappa shape index (κ3) is 5.78. The second-order valence-electron chi connectivity index (χ2n) is 9.43. The molecule has 0 bridgehead atoms. The maximum atomic E-state index is 13.8. The number of carbonyl (C=O) groups is 1. The largest absolute Gasteiger partial charge is 0.352 e. The van der Waals surface area contributed by atoms with Gasteiger partial charge in [0.2, 0.25) is 5.91 Å². The van der Waals surface area contributed by atoms with E-state index in [4.69, 9.17) is 0 Å². The normalized spacial score (nSPS) is 12.0. The van der Waals surface area contributed by atoms with E-state index >= 15 is 0 Å². The highest BCUT2D eigenvalue weighted by Gasteiger charge is 2.23. The van der Waals surface area contributed by atoms with Crippen LogP contribution in [0.3, 0.4) is 0 Å². The Morgan fingerprint density at radius 2 is 1.43 bits per heavy atom. The fourth-order valence-corrected chi connectivity index (χ4v) is 4.74.